The van der Waals surface area contributed by atoms with E-state index in [-0.39, 0.29) is 0 Å². The molecule has 0 aromatic carbocycles. The third kappa shape index (κ3) is 1.76. The fourth-order valence-electron chi connectivity index (χ4n) is 2.34. The maximum Gasteiger partial charge on any atom is 0.0459 e. The number of aliphatic hydroxyl groups excluding tert-OH is 1. The summed E-state index contributed by atoms with van der Waals surface area (Å²) in [5.74, 6) is 2.97. The Morgan fingerprint density at radius 1 is 1.36 bits per heavy atom. The van der Waals surface area contributed by atoms with E-state index in [1.54, 1.807) is 0 Å². The van der Waals surface area contributed by atoms with Crippen LogP contribution in [0.3, 0.4) is 0 Å². The standard InChI is InChI=1S/C10H20O/c1-7-4-5-10(9(7)3)8(2)6-11/h7-11H,4-6H2,1-3H3/t7-,8-,9+,10+/m0/s1. The van der Waals surface area contributed by atoms with Crippen molar-refractivity contribution in [2.75, 3.05) is 6.61 Å². The molecule has 1 fully saturated rings. The van der Waals surface area contributed by atoms with Crippen molar-refractivity contribution >= 4 is 0 Å². The van der Waals surface area contributed by atoms with E-state index in [1.165, 1.54) is 12.8 Å². The predicted molar refractivity (Wildman–Crippen MR) is 47.3 cm³/mol. The van der Waals surface area contributed by atoms with Crippen LogP contribution in [-0.4, -0.2) is 11.7 Å². The summed E-state index contributed by atoms with van der Waals surface area (Å²) in [7, 11) is 0. The van der Waals surface area contributed by atoms with E-state index >= 15 is 0 Å². The fraction of sp³-hybridized carbons (Fsp3) is 1.00. The molecule has 1 nitrogen and oxygen atoms in total. The molecule has 0 aromatic heterocycles. The van der Waals surface area contributed by atoms with Gasteiger partial charge in [0.25, 0.3) is 0 Å². The Kier molecular flexibility index (Phi) is 2.94. The van der Waals surface area contributed by atoms with Crippen molar-refractivity contribution in [1.29, 1.82) is 0 Å². The summed E-state index contributed by atoms with van der Waals surface area (Å²) in [4.78, 5) is 0. The summed E-state index contributed by atoms with van der Waals surface area (Å²) in [6.45, 7) is 7.18. The van der Waals surface area contributed by atoms with Crippen molar-refractivity contribution in [3.05, 3.63) is 0 Å². The van der Waals surface area contributed by atoms with E-state index in [1.807, 2.05) is 0 Å². The van der Waals surface area contributed by atoms with Crippen LogP contribution < -0.4 is 0 Å². The Morgan fingerprint density at radius 3 is 2.36 bits per heavy atom. The summed E-state index contributed by atoms with van der Waals surface area (Å²) < 4.78 is 0. The van der Waals surface area contributed by atoms with E-state index in [0.29, 0.717) is 12.5 Å². The molecule has 1 N–H and O–H groups in total. The first-order valence-electron chi connectivity index (χ1n) is 4.77. The zero-order valence-electron chi connectivity index (χ0n) is 7.88. The van der Waals surface area contributed by atoms with Crippen LogP contribution in [0.2, 0.25) is 0 Å². The lowest BCUT2D eigenvalue weighted by Crippen LogP contribution is -2.19. The van der Waals surface area contributed by atoms with Gasteiger partial charge in [-0.05, 0) is 30.1 Å². The Labute approximate surface area is 69.8 Å². The van der Waals surface area contributed by atoms with Gasteiger partial charge in [0.1, 0.15) is 0 Å². The van der Waals surface area contributed by atoms with Crippen molar-refractivity contribution in [3.63, 3.8) is 0 Å². The molecule has 0 aromatic rings. The highest BCUT2D eigenvalue weighted by Crippen LogP contribution is 2.40. The van der Waals surface area contributed by atoms with Crippen LogP contribution in [0.25, 0.3) is 0 Å². The zero-order valence-corrected chi connectivity index (χ0v) is 7.88. The molecule has 0 radical (unpaired) electrons. The van der Waals surface area contributed by atoms with Crippen LogP contribution >= 0.6 is 0 Å². The second-order valence-electron chi connectivity index (χ2n) is 4.24. The molecular weight excluding hydrogens is 136 g/mol. The normalized spacial score (nSPS) is 40.9. The van der Waals surface area contributed by atoms with E-state index in [9.17, 15) is 0 Å². The van der Waals surface area contributed by atoms with Gasteiger partial charge in [-0.25, -0.2) is 0 Å². The van der Waals surface area contributed by atoms with E-state index in [2.05, 4.69) is 20.8 Å². The first-order valence-corrected chi connectivity index (χ1v) is 4.77. The summed E-state index contributed by atoms with van der Waals surface area (Å²) in [5, 5.41) is 9.00. The fourth-order valence-corrected chi connectivity index (χ4v) is 2.34. The number of aliphatic hydroxyl groups is 1. The molecular formula is C10H20O. The first kappa shape index (κ1) is 9.05. The molecule has 1 rings (SSSR count). The van der Waals surface area contributed by atoms with Gasteiger partial charge >= 0.3 is 0 Å². The van der Waals surface area contributed by atoms with Crippen molar-refractivity contribution in [3.8, 4) is 0 Å². The monoisotopic (exact) mass is 156 g/mol. The Morgan fingerprint density at radius 2 is 2.00 bits per heavy atom. The minimum atomic E-state index is 0.363. The molecule has 0 amide bonds. The quantitative estimate of drug-likeness (QED) is 0.650. The summed E-state index contributed by atoms with van der Waals surface area (Å²) in [5.41, 5.74) is 0. The molecule has 0 aliphatic heterocycles. The minimum absolute atomic E-state index is 0.363. The van der Waals surface area contributed by atoms with E-state index in [4.69, 9.17) is 5.11 Å². The predicted octanol–water partition coefficient (Wildman–Crippen LogP) is 2.30. The lowest BCUT2D eigenvalue weighted by atomic mass is 9.84. The number of hydrogen-bond acceptors (Lipinski definition) is 1. The molecule has 0 spiro atoms. The molecule has 66 valence electrons. The molecule has 11 heavy (non-hydrogen) atoms. The van der Waals surface area contributed by atoms with E-state index in [0.717, 1.165) is 17.8 Å². The molecule has 1 saturated carbocycles. The highest BCUT2D eigenvalue weighted by Gasteiger charge is 2.32. The summed E-state index contributed by atoms with van der Waals surface area (Å²) >= 11 is 0. The molecule has 0 unspecified atom stereocenters. The lowest BCUT2D eigenvalue weighted by molar-refractivity contribution is 0.161. The SMILES string of the molecule is C[C@H]1[C@@H]([C@@H](C)CO)CC[C@@H]1C. The van der Waals surface area contributed by atoms with Crippen molar-refractivity contribution in [1.82, 2.24) is 0 Å². The van der Waals surface area contributed by atoms with Crippen molar-refractivity contribution in [2.45, 2.75) is 33.6 Å². The highest BCUT2D eigenvalue weighted by atomic mass is 16.3. The maximum atomic E-state index is 9.00. The molecule has 0 saturated heterocycles. The Hall–Kier alpha value is -0.0400. The third-order valence-electron chi connectivity index (χ3n) is 3.55. The molecule has 4 atom stereocenters. The third-order valence-corrected chi connectivity index (χ3v) is 3.55. The maximum absolute atomic E-state index is 9.00. The van der Waals surface area contributed by atoms with Crippen LogP contribution in [0.15, 0.2) is 0 Å². The highest BCUT2D eigenvalue weighted by molar-refractivity contribution is 4.82. The Bertz CT molecular complexity index is 122. The minimum Gasteiger partial charge on any atom is -0.396 e. The molecule has 1 aliphatic rings. The second kappa shape index (κ2) is 3.57. The van der Waals surface area contributed by atoms with Crippen molar-refractivity contribution < 1.29 is 5.11 Å². The van der Waals surface area contributed by atoms with Gasteiger partial charge in [0, 0.05) is 6.61 Å². The number of rotatable bonds is 2. The molecule has 1 aliphatic carbocycles. The topological polar surface area (TPSA) is 20.2 Å². The largest absolute Gasteiger partial charge is 0.396 e. The number of hydrogen-bond donors (Lipinski definition) is 1. The van der Waals surface area contributed by atoms with Gasteiger partial charge in [0.15, 0.2) is 0 Å². The molecule has 1 heteroatoms. The van der Waals surface area contributed by atoms with Gasteiger partial charge in [0.2, 0.25) is 0 Å². The summed E-state index contributed by atoms with van der Waals surface area (Å²) in [6, 6.07) is 0. The van der Waals surface area contributed by atoms with Crippen LogP contribution in [0.1, 0.15) is 33.6 Å². The van der Waals surface area contributed by atoms with Crippen molar-refractivity contribution in [2.24, 2.45) is 23.7 Å². The zero-order chi connectivity index (χ0) is 8.43. The van der Waals surface area contributed by atoms with Crippen LogP contribution in [-0.2, 0) is 0 Å². The van der Waals surface area contributed by atoms with Gasteiger partial charge in [-0.15, -0.1) is 0 Å². The average Bonchev–Trinajstić information content (AvgIpc) is 2.32. The lowest BCUT2D eigenvalue weighted by Gasteiger charge is -2.22. The van der Waals surface area contributed by atoms with Crippen LogP contribution in [0, 0.1) is 23.7 Å². The van der Waals surface area contributed by atoms with E-state index < -0.39 is 0 Å². The summed E-state index contributed by atoms with van der Waals surface area (Å²) in [6.07, 6.45) is 2.68. The van der Waals surface area contributed by atoms with Crippen LogP contribution in [0.4, 0.5) is 0 Å². The average molecular weight is 156 g/mol. The second-order valence-corrected chi connectivity index (χ2v) is 4.24. The first-order chi connectivity index (χ1) is 5.16. The van der Waals surface area contributed by atoms with Gasteiger partial charge in [-0.1, -0.05) is 27.2 Å². The van der Waals surface area contributed by atoms with Gasteiger partial charge in [-0.2, -0.15) is 0 Å². The smallest absolute Gasteiger partial charge is 0.0459 e. The van der Waals surface area contributed by atoms with Gasteiger partial charge in [0.05, 0.1) is 0 Å². The molecule has 0 heterocycles. The molecule has 0 bridgehead atoms. The Balaban J connectivity index is 2.47. The van der Waals surface area contributed by atoms with Crippen LogP contribution in [0.5, 0.6) is 0 Å². The van der Waals surface area contributed by atoms with Gasteiger partial charge < -0.3 is 5.11 Å². The van der Waals surface area contributed by atoms with Gasteiger partial charge in [-0.3, -0.25) is 0 Å².